The molecule has 2 aliphatic rings. The van der Waals surface area contributed by atoms with Crippen molar-refractivity contribution in [3.63, 3.8) is 0 Å². The van der Waals surface area contributed by atoms with E-state index in [2.05, 4.69) is 0 Å². The summed E-state index contributed by atoms with van der Waals surface area (Å²) in [7, 11) is 1.88. The summed E-state index contributed by atoms with van der Waals surface area (Å²) in [6.07, 6.45) is 5.83. The first-order chi connectivity index (χ1) is 10.6. The molecule has 0 spiro atoms. The fourth-order valence-corrected chi connectivity index (χ4v) is 3.29. The molecule has 1 fully saturated rings. The number of hydrogen-bond acceptors (Lipinski definition) is 4. The molecular weight excluding hydrogens is 280 g/mol. The first kappa shape index (κ1) is 14.9. The highest BCUT2D eigenvalue weighted by molar-refractivity contribution is 5.89. The predicted octanol–water partition coefficient (Wildman–Crippen LogP) is 2.20. The number of carbonyl (C=O) groups is 2. The monoisotopic (exact) mass is 302 g/mol. The lowest BCUT2D eigenvalue weighted by Gasteiger charge is -2.34. The van der Waals surface area contributed by atoms with Crippen LogP contribution < -0.4 is 9.64 Å². The number of likely N-dealkylation sites (N-methyl/N-ethyl adjacent to an activating group) is 1. The minimum atomic E-state index is -0.313. The van der Waals surface area contributed by atoms with Gasteiger partial charge >= 0.3 is 5.97 Å². The van der Waals surface area contributed by atoms with Gasteiger partial charge in [-0.2, -0.15) is 0 Å². The number of nitrogens with zero attached hydrogens (tertiary/aromatic N) is 2. The summed E-state index contributed by atoms with van der Waals surface area (Å²) in [5.41, 5.74) is 0.812. The van der Waals surface area contributed by atoms with E-state index in [1.807, 2.05) is 35.0 Å². The number of para-hydroxylation sites is 2. The number of anilines is 1. The molecule has 1 aromatic rings. The smallest absolute Gasteiger partial charge is 0.331 e. The van der Waals surface area contributed by atoms with Gasteiger partial charge in [0.2, 0.25) is 5.91 Å². The van der Waals surface area contributed by atoms with Crippen molar-refractivity contribution in [3.8, 4) is 5.75 Å². The summed E-state index contributed by atoms with van der Waals surface area (Å²) < 4.78 is 5.21. The van der Waals surface area contributed by atoms with Crippen LogP contribution in [-0.2, 0) is 9.59 Å². The molecule has 1 heterocycles. The third kappa shape index (κ3) is 3.08. The number of fused-ring (bicyclic) bond motifs is 1. The summed E-state index contributed by atoms with van der Waals surface area (Å²) in [4.78, 5) is 27.9. The van der Waals surface area contributed by atoms with E-state index in [4.69, 9.17) is 4.74 Å². The average molecular weight is 302 g/mol. The van der Waals surface area contributed by atoms with E-state index in [0.717, 1.165) is 18.5 Å². The zero-order valence-corrected chi connectivity index (χ0v) is 13.0. The molecule has 5 heteroatoms. The second-order valence-corrected chi connectivity index (χ2v) is 6.09. The fourth-order valence-electron chi connectivity index (χ4n) is 3.29. The van der Waals surface area contributed by atoms with Gasteiger partial charge in [0.1, 0.15) is 6.54 Å². The number of ether oxygens (including phenoxy) is 1. The summed E-state index contributed by atoms with van der Waals surface area (Å²) >= 11 is 0. The van der Waals surface area contributed by atoms with Gasteiger partial charge in [-0.1, -0.05) is 31.4 Å². The Labute approximate surface area is 130 Å². The quantitative estimate of drug-likeness (QED) is 0.634. The number of amides is 1. The van der Waals surface area contributed by atoms with Crippen molar-refractivity contribution in [2.45, 2.75) is 38.1 Å². The summed E-state index contributed by atoms with van der Waals surface area (Å²) in [6, 6.07) is 7.70. The number of benzene rings is 1. The lowest BCUT2D eigenvalue weighted by molar-refractivity contribution is -0.134. The summed E-state index contributed by atoms with van der Waals surface area (Å²) in [6.45, 7) is 0.348. The van der Waals surface area contributed by atoms with Crippen LogP contribution in [-0.4, -0.2) is 43.0 Å². The van der Waals surface area contributed by atoms with Crippen molar-refractivity contribution in [3.05, 3.63) is 24.3 Å². The van der Waals surface area contributed by atoms with Crippen LogP contribution >= 0.6 is 0 Å². The molecule has 22 heavy (non-hydrogen) atoms. The minimum Gasteiger partial charge on any atom is -0.423 e. The maximum absolute atomic E-state index is 12.6. The van der Waals surface area contributed by atoms with Crippen LogP contribution in [0.2, 0.25) is 0 Å². The van der Waals surface area contributed by atoms with Crippen molar-refractivity contribution >= 4 is 17.6 Å². The van der Waals surface area contributed by atoms with Gasteiger partial charge in [0.15, 0.2) is 5.75 Å². The standard InChI is InChI=1S/C17H22N2O3/c1-18(13-7-3-2-4-8-13)16(20)11-19-12-17(21)22-15-10-6-5-9-14(15)19/h5-6,9-10,13H,2-4,7-8,11-12H2,1H3. The molecule has 0 radical (unpaired) electrons. The Bertz CT molecular complexity index is 567. The van der Waals surface area contributed by atoms with E-state index in [9.17, 15) is 9.59 Å². The number of esters is 1. The van der Waals surface area contributed by atoms with E-state index in [0.29, 0.717) is 11.8 Å². The first-order valence-electron chi connectivity index (χ1n) is 7.95. The lowest BCUT2D eigenvalue weighted by atomic mass is 9.94. The van der Waals surface area contributed by atoms with Gasteiger partial charge in [0, 0.05) is 13.1 Å². The van der Waals surface area contributed by atoms with Crippen LogP contribution in [0.1, 0.15) is 32.1 Å². The molecule has 1 amide bonds. The second kappa shape index (κ2) is 6.38. The van der Waals surface area contributed by atoms with E-state index in [1.54, 1.807) is 6.07 Å². The molecule has 3 rings (SSSR count). The highest BCUT2D eigenvalue weighted by Crippen LogP contribution is 2.31. The van der Waals surface area contributed by atoms with Crippen LogP contribution in [0.4, 0.5) is 5.69 Å². The molecule has 0 unspecified atom stereocenters. The van der Waals surface area contributed by atoms with Crippen LogP contribution in [0.15, 0.2) is 24.3 Å². The Morgan fingerprint density at radius 3 is 2.77 bits per heavy atom. The van der Waals surface area contributed by atoms with Gasteiger partial charge in [-0.3, -0.25) is 4.79 Å². The Morgan fingerprint density at radius 1 is 1.27 bits per heavy atom. The Morgan fingerprint density at radius 2 is 2.00 bits per heavy atom. The molecule has 0 aromatic heterocycles. The molecule has 1 aliphatic carbocycles. The second-order valence-electron chi connectivity index (χ2n) is 6.09. The lowest BCUT2D eigenvalue weighted by Crippen LogP contribution is -2.47. The number of hydrogen-bond donors (Lipinski definition) is 0. The Balaban J connectivity index is 1.69. The molecule has 0 saturated heterocycles. The van der Waals surface area contributed by atoms with Crippen LogP contribution in [0, 0.1) is 0 Å². The number of carbonyl (C=O) groups excluding carboxylic acids is 2. The van der Waals surface area contributed by atoms with Crippen molar-refractivity contribution < 1.29 is 14.3 Å². The highest BCUT2D eigenvalue weighted by atomic mass is 16.5. The van der Waals surface area contributed by atoms with E-state index >= 15 is 0 Å². The first-order valence-corrected chi connectivity index (χ1v) is 7.95. The molecule has 1 aliphatic heterocycles. The third-order valence-electron chi connectivity index (χ3n) is 4.59. The zero-order chi connectivity index (χ0) is 15.5. The largest absolute Gasteiger partial charge is 0.423 e. The highest BCUT2D eigenvalue weighted by Gasteiger charge is 2.28. The van der Waals surface area contributed by atoms with Crippen LogP contribution in [0.5, 0.6) is 5.75 Å². The molecular formula is C17H22N2O3. The maximum atomic E-state index is 12.6. The average Bonchev–Trinajstić information content (AvgIpc) is 2.54. The van der Waals surface area contributed by atoms with Crippen LogP contribution in [0.25, 0.3) is 0 Å². The van der Waals surface area contributed by atoms with E-state index in [1.165, 1.54) is 19.3 Å². The summed E-state index contributed by atoms with van der Waals surface area (Å²) in [5, 5.41) is 0. The topological polar surface area (TPSA) is 49.9 Å². The Kier molecular flexibility index (Phi) is 4.32. The molecule has 0 bridgehead atoms. The normalized spacial score (nSPS) is 18.6. The molecule has 0 N–H and O–H groups in total. The molecule has 1 aromatic carbocycles. The SMILES string of the molecule is CN(C(=O)CN1CC(=O)Oc2ccccc21)C1CCCCC1. The van der Waals surface area contributed by atoms with Gasteiger partial charge in [-0.25, -0.2) is 4.79 Å². The van der Waals surface area contributed by atoms with E-state index in [-0.39, 0.29) is 25.0 Å². The molecule has 1 saturated carbocycles. The van der Waals surface area contributed by atoms with Gasteiger partial charge in [-0.15, -0.1) is 0 Å². The zero-order valence-electron chi connectivity index (χ0n) is 13.0. The van der Waals surface area contributed by atoms with E-state index < -0.39 is 0 Å². The van der Waals surface area contributed by atoms with Crippen molar-refractivity contribution in [2.75, 3.05) is 25.0 Å². The van der Waals surface area contributed by atoms with Gasteiger partial charge in [-0.05, 0) is 25.0 Å². The van der Waals surface area contributed by atoms with Crippen molar-refractivity contribution in [1.82, 2.24) is 4.90 Å². The maximum Gasteiger partial charge on any atom is 0.331 e. The molecule has 118 valence electrons. The van der Waals surface area contributed by atoms with Gasteiger partial charge < -0.3 is 14.5 Å². The van der Waals surface area contributed by atoms with Gasteiger partial charge in [0.25, 0.3) is 0 Å². The van der Waals surface area contributed by atoms with Crippen molar-refractivity contribution in [1.29, 1.82) is 0 Å². The Hall–Kier alpha value is -2.04. The fraction of sp³-hybridized carbons (Fsp3) is 0.529. The third-order valence-corrected chi connectivity index (χ3v) is 4.59. The predicted molar refractivity (Wildman–Crippen MR) is 83.9 cm³/mol. The molecule has 0 atom stereocenters. The summed E-state index contributed by atoms with van der Waals surface area (Å²) in [5.74, 6) is 0.287. The molecule has 5 nitrogen and oxygen atoms in total. The van der Waals surface area contributed by atoms with Crippen LogP contribution in [0.3, 0.4) is 0 Å². The number of rotatable bonds is 3. The van der Waals surface area contributed by atoms with Crippen molar-refractivity contribution in [2.24, 2.45) is 0 Å². The van der Waals surface area contributed by atoms with Gasteiger partial charge in [0.05, 0.1) is 12.2 Å². The minimum absolute atomic E-state index is 0.0661.